The molecule has 2 rings (SSSR count). The predicted octanol–water partition coefficient (Wildman–Crippen LogP) is 4.84. The van der Waals surface area contributed by atoms with Crippen molar-refractivity contribution in [3.63, 3.8) is 0 Å². The highest BCUT2D eigenvalue weighted by molar-refractivity contribution is 14.1. The zero-order valence-electron chi connectivity index (χ0n) is 10.4. The van der Waals surface area contributed by atoms with E-state index in [-0.39, 0.29) is 5.54 Å². The number of halogens is 1. The number of imidazole rings is 1. The molecule has 0 atom stereocenters. The Morgan fingerprint density at radius 2 is 2.00 bits per heavy atom. The lowest BCUT2D eigenvalue weighted by Gasteiger charge is -2.29. The van der Waals surface area contributed by atoms with Crippen molar-refractivity contribution < 1.29 is 0 Å². The average Bonchev–Trinajstić information content (AvgIpc) is 2.64. The zero-order chi connectivity index (χ0) is 12.6. The monoisotopic (exact) mass is 360 g/mol. The van der Waals surface area contributed by atoms with E-state index >= 15 is 0 Å². The zero-order valence-corrected chi connectivity index (χ0v) is 13.4. The highest BCUT2D eigenvalue weighted by atomic mass is 127. The number of nitrogens with one attached hydrogen (secondary N) is 1. The molecule has 0 aliphatic heterocycles. The highest BCUT2D eigenvalue weighted by Crippen LogP contribution is 2.30. The van der Waals surface area contributed by atoms with Crippen LogP contribution in [0.4, 0.5) is 0 Å². The highest BCUT2D eigenvalue weighted by Gasteiger charge is 2.24. The third-order valence-corrected chi connectivity index (χ3v) is 4.66. The molecule has 0 amide bonds. The molecular weight excluding hydrogens is 343 g/mol. The van der Waals surface area contributed by atoms with E-state index in [1.807, 2.05) is 0 Å². The van der Waals surface area contributed by atoms with Crippen LogP contribution < -0.4 is 0 Å². The summed E-state index contributed by atoms with van der Waals surface area (Å²) in [7, 11) is 0. The van der Waals surface area contributed by atoms with E-state index in [1.54, 1.807) is 0 Å². The summed E-state index contributed by atoms with van der Waals surface area (Å²) >= 11 is 7.81. The standard InChI is InChI=1S/C13H17IN2S/c1-4-13(3,5-2)16-11-7-6-9(14)8-10(11)15-12(16)17/h6-8H,4-5H2,1-3H3,(H,15,17). The molecule has 4 heteroatoms. The summed E-state index contributed by atoms with van der Waals surface area (Å²) in [5.74, 6) is 0. The molecule has 0 saturated carbocycles. The SMILES string of the molecule is CCC(C)(CC)n1c(=S)[nH]c2cc(I)ccc21. The Balaban J connectivity index is 2.77. The van der Waals surface area contributed by atoms with Gasteiger partial charge in [0.1, 0.15) is 0 Å². The second-order valence-corrected chi connectivity index (χ2v) is 6.26. The van der Waals surface area contributed by atoms with Crippen LogP contribution in [0, 0.1) is 8.34 Å². The van der Waals surface area contributed by atoms with Gasteiger partial charge in [-0.25, -0.2) is 0 Å². The third kappa shape index (κ3) is 2.17. The number of aromatic nitrogens is 2. The first-order chi connectivity index (χ1) is 8.01. The molecule has 1 aromatic carbocycles. The van der Waals surface area contributed by atoms with Crippen molar-refractivity contribution in [1.29, 1.82) is 0 Å². The van der Waals surface area contributed by atoms with Crippen LogP contribution in [0.25, 0.3) is 11.0 Å². The molecule has 2 aromatic rings. The van der Waals surface area contributed by atoms with Gasteiger partial charge in [-0.15, -0.1) is 0 Å². The fourth-order valence-corrected chi connectivity index (χ4v) is 3.11. The van der Waals surface area contributed by atoms with E-state index in [2.05, 4.69) is 71.1 Å². The Hall–Kier alpha value is -0.360. The van der Waals surface area contributed by atoms with Gasteiger partial charge in [0.2, 0.25) is 0 Å². The molecule has 0 bridgehead atoms. The minimum atomic E-state index is 0.0993. The van der Waals surface area contributed by atoms with Gasteiger partial charge in [0.15, 0.2) is 4.77 Å². The number of benzene rings is 1. The molecule has 17 heavy (non-hydrogen) atoms. The van der Waals surface area contributed by atoms with Gasteiger partial charge in [-0.05, 0) is 72.8 Å². The van der Waals surface area contributed by atoms with E-state index < -0.39 is 0 Å². The second-order valence-electron chi connectivity index (χ2n) is 4.63. The van der Waals surface area contributed by atoms with Gasteiger partial charge in [-0.1, -0.05) is 13.8 Å². The van der Waals surface area contributed by atoms with Gasteiger partial charge >= 0.3 is 0 Å². The fourth-order valence-electron chi connectivity index (χ4n) is 2.19. The first kappa shape index (κ1) is 13.1. The molecule has 0 aliphatic rings. The average molecular weight is 360 g/mol. The second kappa shape index (κ2) is 4.72. The number of rotatable bonds is 3. The van der Waals surface area contributed by atoms with Crippen LogP contribution in [0.15, 0.2) is 18.2 Å². The van der Waals surface area contributed by atoms with Gasteiger partial charge in [0.25, 0.3) is 0 Å². The number of nitrogens with zero attached hydrogens (tertiary/aromatic N) is 1. The summed E-state index contributed by atoms with van der Waals surface area (Å²) < 4.78 is 4.33. The molecule has 92 valence electrons. The van der Waals surface area contributed by atoms with Crippen molar-refractivity contribution >= 4 is 45.8 Å². The summed E-state index contributed by atoms with van der Waals surface area (Å²) in [6, 6.07) is 6.44. The number of fused-ring (bicyclic) bond motifs is 1. The minimum absolute atomic E-state index is 0.0993. The first-order valence-electron chi connectivity index (χ1n) is 5.92. The molecule has 1 heterocycles. The molecule has 1 aromatic heterocycles. The van der Waals surface area contributed by atoms with Crippen LogP contribution in [0.3, 0.4) is 0 Å². The maximum absolute atomic E-state index is 5.48. The smallest absolute Gasteiger partial charge is 0.178 e. The van der Waals surface area contributed by atoms with Gasteiger partial charge in [0, 0.05) is 9.11 Å². The summed E-state index contributed by atoms with van der Waals surface area (Å²) in [6.07, 6.45) is 2.16. The lowest BCUT2D eigenvalue weighted by atomic mass is 9.95. The van der Waals surface area contributed by atoms with Crippen molar-refractivity contribution in [1.82, 2.24) is 9.55 Å². The minimum Gasteiger partial charge on any atom is -0.331 e. The summed E-state index contributed by atoms with van der Waals surface area (Å²) in [5, 5.41) is 0. The van der Waals surface area contributed by atoms with E-state index in [4.69, 9.17) is 12.2 Å². The van der Waals surface area contributed by atoms with Crippen LogP contribution >= 0.6 is 34.8 Å². The fraction of sp³-hybridized carbons (Fsp3) is 0.462. The predicted molar refractivity (Wildman–Crippen MR) is 84.1 cm³/mol. The third-order valence-electron chi connectivity index (χ3n) is 3.71. The molecule has 2 nitrogen and oxygen atoms in total. The Kier molecular flexibility index (Phi) is 3.63. The Bertz CT molecular complexity index is 593. The number of hydrogen-bond donors (Lipinski definition) is 1. The van der Waals surface area contributed by atoms with Crippen molar-refractivity contribution in [3.8, 4) is 0 Å². The maximum atomic E-state index is 5.48. The van der Waals surface area contributed by atoms with Crippen molar-refractivity contribution in [2.45, 2.75) is 39.2 Å². The normalized spacial score (nSPS) is 12.2. The molecule has 0 radical (unpaired) electrons. The Labute approximate surface area is 121 Å². The Morgan fingerprint density at radius 1 is 1.35 bits per heavy atom. The molecule has 0 unspecified atom stereocenters. The lowest BCUT2D eigenvalue weighted by molar-refractivity contribution is 0.299. The number of aromatic amines is 1. The Morgan fingerprint density at radius 3 is 2.59 bits per heavy atom. The largest absolute Gasteiger partial charge is 0.331 e. The van der Waals surface area contributed by atoms with E-state index in [0.29, 0.717) is 0 Å². The maximum Gasteiger partial charge on any atom is 0.178 e. The van der Waals surface area contributed by atoms with Crippen molar-refractivity contribution in [2.24, 2.45) is 0 Å². The quantitative estimate of drug-likeness (QED) is 0.614. The summed E-state index contributed by atoms with van der Waals surface area (Å²) in [4.78, 5) is 3.32. The van der Waals surface area contributed by atoms with E-state index in [9.17, 15) is 0 Å². The van der Waals surface area contributed by atoms with Crippen molar-refractivity contribution in [2.75, 3.05) is 0 Å². The molecule has 0 spiro atoms. The molecule has 0 fully saturated rings. The van der Waals surface area contributed by atoms with E-state index in [1.165, 1.54) is 9.09 Å². The number of H-pyrrole nitrogens is 1. The van der Waals surface area contributed by atoms with Crippen LogP contribution in [0.5, 0.6) is 0 Å². The van der Waals surface area contributed by atoms with Crippen LogP contribution in [-0.4, -0.2) is 9.55 Å². The van der Waals surface area contributed by atoms with Crippen LogP contribution in [-0.2, 0) is 5.54 Å². The van der Waals surface area contributed by atoms with Crippen LogP contribution in [0.2, 0.25) is 0 Å². The van der Waals surface area contributed by atoms with Gasteiger partial charge < -0.3 is 9.55 Å². The first-order valence-corrected chi connectivity index (χ1v) is 7.41. The topological polar surface area (TPSA) is 20.7 Å². The van der Waals surface area contributed by atoms with Gasteiger partial charge in [-0.2, -0.15) is 0 Å². The molecule has 1 N–H and O–H groups in total. The number of hydrogen-bond acceptors (Lipinski definition) is 1. The molecule has 0 aliphatic carbocycles. The lowest BCUT2D eigenvalue weighted by Crippen LogP contribution is -2.28. The molecule has 0 saturated heterocycles. The van der Waals surface area contributed by atoms with E-state index in [0.717, 1.165) is 23.1 Å². The summed E-state index contributed by atoms with van der Waals surface area (Å²) in [6.45, 7) is 6.71. The van der Waals surface area contributed by atoms with Crippen molar-refractivity contribution in [3.05, 3.63) is 26.5 Å². The van der Waals surface area contributed by atoms with Gasteiger partial charge in [0.05, 0.1) is 11.0 Å². The van der Waals surface area contributed by atoms with Crippen LogP contribution in [0.1, 0.15) is 33.6 Å². The summed E-state index contributed by atoms with van der Waals surface area (Å²) in [5.41, 5.74) is 2.44. The van der Waals surface area contributed by atoms with Gasteiger partial charge in [-0.3, -0.25) is 0 Å². The molecular formula is C13H17IN2S.